The third-order valence-electron chi connectivity index (χ3n) is 3.91. The molecule has 1 aliphatic rings. The van der Waals surface area contributed by atoms with Crippen molar-refractivity contribution in [3.63, 3.8) is 0 Å². The zero-order valence-electron chi connectivity index (χ0n) is 13.7. The van der Waals surface area contributed by atoms with E-state index in [0.717, 1.165) is 0 Å². The number of alkyl halides is 1. The highest BCUT2D eigenvalue weighted by Crippen LogP contribution is 2.26. The van der Waals surface area contributed by atoms with E-state index in [1.807, 2.05) is 0 Å². The van der Waals surface area contributed by atoms with Crippen molar-refractivity contribution in [2.24, 2.45) is 0 Å². The number of carbonyl (C=O) groups is 2. The molecule has 2 aromatic rings. The minimum atomic E-state index is -1.94. The lowest BCUT2D eigenvalue weighted by atomic mass is 10.1. The van der Waals surface area contributed by atoms with Gasteiger partial charge in [-0.25, -0.2) is 14.0 Å². The van der Waals surface area contributed by atoms with Gasteiger partial charge in [-0.15, -0.1) is 0 Å². The molecule has 6 nitrogen and oxygen atoms in total. The van der Waals surface area contributed by atoms with Gasteiger partial charge in [-0.05, 0) is 24.3 Å². The molecule has 0 amide bonds. The third kappa shape index (κ3) is 4.07. The fourth-order valence-corrected chi connectivity index (χ4v) is 2.56. The smallest absolute Gasteiger partial charge is 0.338 e. The highest BCUT2D eigenvalue weighted by atomic mass is 19.1. The van der Waals surface area contributed by atoms with Crippen LogP contribution in [0.4, 0.5) is 4.39 Å². The van der Waals surface area contributed by atoms with E-state index < -0.39 is 36.6 Å². The quantitative estimate of drug-likeness (QED) is 0.823. The summed E-state index contributed by atoms with van der Waals surface area (Å²) in [6, 6.07) is 16.3. The molecular formula is C19H17FO6. The summed E-state index contributed by atoms with van der Waals surface area (Å²) >= 11 is 0. The molecule has 0 bridgehead atoms. The molecule has 1 unspecified atom stereocenters. The number of halogens is 1. The van der Waals surface area contributed by atoms with Gasteiger partial charge in [-0.2, -0.15) is 0 Å². The number of ether oxygens (including phenoxy) is 3. The molecule has 1 saturated heterocycles. The van der Waals surface area contributed by atoms with E-state index in [2.05, 4.69) is 0 Å². The number of aliphatic hydroxyl groups excluding tert-OH is 1. The van der Waals surface area contributed by atoms with Crippen LogP contribution in [0.3, 0.4) is 0 Å². The van der Waals surface area contributed by atoms with Crippen LogP contribution in [-0.4, -0.2) is 48.3 Å². The molecular weight excluding hydrogens is 343 g/mol. The molecule has 136 valence electrons. The number of aliphatic hydroxyl groups is 1. The number of hydrogen-bond acceptors (Lipinski definition) is 6. The molecule has 7 heteroatoms. The minimum absolute atomic E-state index is 0.237. The lowest BCUT2D eigenvalue weighted by Gasteiger charge is -2.19. The maximum absolute atomic E-state index is 14.2. The fourth-order valence-electron chi connectivity index (χ4n) is 2.56. The van der Waals surface area contributed by atoms with E-state index >= 15 is 0 Å². The standard InChI is InChI=1S/C19H17FO6/c20-15-16(26-18(22)13-9-5-2-6-10-13)14(25-19(15)23)11-24-17(21)12-7-3-1-4-8-12/h1-10,14-16,19,23H,11H2/t14-,15-,16-,19?/m1/s1. The van der Waals surface area contributed by atoms with Crippen LogP contribution in [0.25, 0.3) is 0 Å². The molecule has 0 spiro atoms. The maximum Gasteiger partial charge on any atom is 0.338 e. The van der Waals surface area contributed by atoms with Gasteiger partial charge in [0.25, 0.3) is 0 Å². The van der Waals surface area contributed by atoms with Crippen molar-refractivity contribution in [3.8, 4) is 0 Å². The van der Waals surface area contributed by atoms with Crippen LogP contribution in [0.2, 0.25) is 0 Å². The topological polar surface area (TPSA) is 82.1 Å². The van der Waals surface area contributed by atoms with Gasteiger partial charge < -0.3 is 19.3 Å². The predicted molar refractivity (Wildman–Crippen MR) is 88.1 cm³/mol. The second-order valence-electron chi connectivity index (χ2n) is 5.71. The van der Waals surface area contributed by atoms with Gasteiger partial charge in [0.1, 0.15) is 12.7 Å². The molecule has 0 radical (unpaired) electrons. The zero-order valence-corrected chi connectivity index (χ0v) is 13.7. The van der Waals surface area contributed by atoms with Crippen molar-refractivity contribution in [2.75, 3.05) is 6.61 Å². The van der Waals surface area contributed by atoms with Gasteiger partial charge in [0.2, 0.25) is 0 Å². The summed E-state index contributed by atoms with van der Waals surface area (Å²) in [4.78, 5) is 24.1. The Morgan fingerprint density at radius 1 is 0.962 bits per heavy atom. The zero-order chi connectivity index (χ0) is 18.5. The summed E-state index contributed by atoms with van der Waals surface area (Å²) in [6.45, 7) is -0.363. The van der Waals surface area contributed by atoms with E-state index in [1.165, 1.54) is 12.1 Å². The van der Waals surface area contributed by atoms with Crippen molar-refractivity contribution in [2.45, 2.75) is 24.7 Å². The van der Waals surface area contributed by atoms with Crippen LogP contribution >= 0.6 is 0 Å². The summed E-state index contributed by atoms with van der Waals surface area (Å²) in [5.41, 5.74) is 0.557. The molecule has 1 fully saturated rings. The van der Waals surface area contributed by atoms with E-state index in [1.54, 1.807) is 48.5 Å². The molecule has 26 heavy (non-hydrogen) atoms. The fraction of sp³-hybridized carbons (Fsp3) is 0.263. The number of hydrogen-bond donors (Lipinski definition) is 1. The van der Waals surface area contributed by atoms with Crippen molar-refractivity contribution < 1.29 is 33.3 Å². The molecule has 1 aliphatic heterocycles. The number of esters is 2. The largest absolute Gasteiger partial charge is 0.459 e. The molecule has 0 saturated carbocycles. The van der Waals surface area contributed by atoms with E-state index in [0.29, 0.717) is 5.56 Å². The van der Waals surface area contributed by atoms with Crippen molar-refractivity contribution in [3.05, 3.63) is 71.8 Å². The summed E-state index contributed by atoms with van der Waals surface area (Å²) in [5.74, 6) is -1.38. The Morgan fingerprint density at radius 3 is 2.08 bits per heavy atom. The molecule has 2 aromatic carbocycles. The van der Waals surface area contributed by atoms with E-state index in [9.17, 15) is 19.1 Å². The monoisotopic (exact) mass is 360 g/mol. The number of benzene rings is 2. The van der Waals surface area contributed by atoms with Crippen molar-refractivity contribution >= 4 is 11.9 Å². The molecule has 1 heterocycles. The number of rotatable bonds is 5. The van der Waals surface area contributed by atoms with E-state index in [4.69, 9.17) is 14.2 Å². The van der Waals surface area contributed by atoms with Gasteiger partial charge in [0.05, 0.1) is 11.1 Å². The lowest BCUT2D eigenvalue weighted by molar-refractivity contribution is -0.122. The average Bonchev–Trinajstić information content (AvgIpc) is 2.95. The second kappa shape index (κ2) is 8.07. The Hall–Kier alpha value is -2.77. The summed E-state index contributed by atoms with van der Waals surface area (Å²) < 4.78 is 29.4. The first-order valence-electron chi connectivity index (χ1n) is 8.02. The summed E-state index contributed by atoms with van der Waals surface area (Å²) in [6.07, 6.45) is -6.20. The van der Waals surface area contributed by atoms with Gasteiger partial charge in [-0.1, -0.05) is 36.4 Å². The van der Waals surface area contributed by atoms with Crippen LogP contribution in [0.1, 0.15) is 20.7 Å². The molecule has 1 N–H and O–H groups in total. The van der Waals surface area contributed by atoms with Crippen LogP contribution in [0.15, 0.2) is 60.7 Å². The maximum atomic E-state index is 14.2. The Labute approximate surface area is 149 Å². The SMILES string of the molecule is O=C(OC[C@H]1OC(O)[C@H](F)[C@@H]1OC(=O)c1ccccc1)c1ccccc1. The van der Waals surface area contributed by atoms with Crippen molar-refractivity contribution in [1.82, 2.24) is 0 Å². The van der Waals surface area contributed by atoms with E-state index in [-0.39, 0.29) is 12.2 Å². The molecule has 0 aliphatic carbocycles. The van der Waals surface area contributed by atoms with Gasteiger partial charge in [-0.3, -0.25) is 0 Å². The van der Waals surface area contributed by atoms with Crippen LogP contribution in [-0.2, 0) is 14.2 Å². The summed E-state index contributed by atoms with van der Waals surface area (Å²) in [5, 5.41) is 9.58. The lowest BCUT2D eigenvalue weighted by Crippen LogP contribution is -2.37. The van der Waals surface area contributed by atoms with Gasteiger partial charge in [0.15, 0.2) is 18.6 Å². The molecule has 0 aromatic heterocycles. The first kappa shape index (κ1) is 18.0. The molecule has 3 rings (SSSR count). The van der Waals surface area contributed by atoms with Crippen LogP contribution < -0.4 is 0 Å². The molecule has 4 atom stereocenters. The predicted octanol–water partition coefficient (Wildman–Crippen LogP) is 2.12. The Kier molecular flexibility index (Phi) is 5.60. The Balaban J connectivity index is 1.63. The first-order chi connectivity index (χ1) is 12.6. The van der Waals surface area contributed by atoms with Gasteiger partial charge >= 0.3 is 11.9 Å². The summed E-state index contributed by atoms with van der Waals surface area (Å²) in [7, 11) is 0. The Morgan fingerprint density at radius 2 is 1.50 bits per heavy atom. The van der Waals surface area contributed by atoms with Crippen LogP contribution in [0.5, 0.6) is 0 Å². The third-order valence-corrected chi connectivity index (χ3v) is 3.91. The first-order valence-corrected chi connectivity index (χ1v) is 8.02. The highest BCUT2D eigenvalue weighted by molar-refractivity contribution is 5.90. The average molecular weight is 360 g/mol. The highest BCUT2D eigenvalue weighted by Gasteiger charge is 2.47. The Bertz CT molecular complexity index is 751. The van der Waals surface area contributed by atoms with Gasteiger partial charge in [0, 0.05) is 0 Å². The minimum Gasteiger partial charge on any atom is -0.459 e. The normalized spacial score (nSPS) is 24.8. The van der Waals surface area contributed by atoms with Crippen molar-refractivity contribution in [1.29, 1.82) is 0 Å². The second-order valence-corrected chi connectivity index (χ2v) is 5.71. The number of carbonyl (C=O) groups excluding carboxylic acids is 2. The van der Waals surface area contributed by atoms with Crippen LogP contribution in [0, 0.1) is 0 Å².